The van der Waals surface area contributed by atoms with Crippen LogP contribution in [0, 0.1) is 0 Å². The fourth-order valence-corrected chi connectivity index (χ4v) is 4.07. The number of hydrogen-bond donors (Lipinski definition) is 1. The van der Waals surface area contributed by atoms with Crippen LogP contribution < -0.4 is 9.64 Å². The predicted octanol–water partition coefficient (Wildman–Crippen LogP) is 5.27. The fourth-order valence-electron chi connectivity index (χ4n) is 4.07. The number of fused-ring (bicyclic) bond motifs is 1. The van der Waals surface area contributed by atoms with E-state index in [2.05, 4.69) is 9.97 Å². The van der Waals surface area contributed by atoms with Crippen molar-refractivity contribution in [2.24, 2.45) is 0 Å². The van der Waals surface area contributed by atoms with Crippen LogP contribution >= 0.6 is 0 Å². The number of ether oxygens (including phenoxy) is 2. The van der Waals surface area contributed by atoms with E-state index in [4.69, 9.17) is 19.0 Å². The van der Waals surface area contributed by atoms with Crippen LogP contribution in [0.15, 0.2) is 65.3 Å². The monoisotopic (exact) mass is 475 g/mol. The van der Waals surface area contributed by atoms with E-state index in [1.807, 2.05) is 73.5 Å². The van der Waals surface area contributed by atoms with Gasteiger partial charge < -0.3 is 23.9 Å². The largest absolute Gasteiger partial charge is 0.497 e. The molecular weight excluding hydrogens is 446 g/mol. The van der Waals surface area contributed by atoms with Crippen LogP contribution in [0.3, 0.4) is 0 Å². The van der Waals surface area contributed by atoms with E-state index in [0.29, 0.717) is 25.3 Å². The fraction of sp³-hybridized carbons (Fsp3) is 0.296. The highest BCUT2D eigenvalue weighted by atomic mass is 16.5. The van der Waals surface area contributed by atoms with Crippen LogP contribution in [0.1, 0.15) is 19.8 Å². The SMILES string of the molecule is COc1ccc(-c2c(-c3ccccc3)oc3ncnc(N(C)C[C@H](C)OCCCC(=O)O)c23)cc1. The molecule has 0 amide bonds. The van der Waals surface area contributed by atoms with Crippen molar-refractivity contribution in [2.45, 2.75) is 25.9 Å². The Morgan fingerprint density at radius 3 is 2.51 bits per heavy atom. The smallest absolute Gasteiger partial charge is 0.303 e. The Balaban J connectivity index is 1.72. The molecular formula is C27H29N3O5. The number of likely N-dealkylation sites (N-methyl/N-ethyl adjacent to an activating group) is 1. The number of nitrogens with zero attached hydrogens (tertiary/aromatic N) is 3. The third-order valence-electron chi connectivity index (χ3n) is 5.71. The van der Waals surface area contributed by atoms with Gasteiger partial charge in [-0.2, -0.15) is 0 Å². The highest BCUT2D eigenvalue weighted by Crippen LogP contribution is 2.43. The van der Waals surface area contributed by atoms with Gasteiger partial charge in [0.25, 0.3) is 0 Å². The summed E-state index contributed by atoms with van der Waals surface area (Å²) in [5.41, 5.74) is 3.32. The third kappa shape index (κ3) is 5.60. The quantitative estimate of drug-likeness (QED) is 0.293. The van der Waals surface area contributed by atoms with Crippen LogP contribution in [0.4, 0.5) is 5.82 Å². The van der Waals surface area contributed by atoms with Crippen molar-refractivity contribution in [1.29, 1.82) is 0 Å². The number of anilines is 1. The first kappa shape index (κ1) is 24.2. The van der Waals surface area contributed by atoms with Gasteiger partial charge in [0, 0.05) is 37.7 Å². The minimum Gasteiger partial charge on any atom is -0.497 e. The lowest BCUT2D eigenvalue weighted by Gasteiger charge is -2.23. The Morgan fingerprint density at radius 1 is 1.09 bits per heavy atom. The number of methoxy groups -OCH3 is 1. The summed E-state index contributed by atoms with van der Waals surface area (Å²) in [7, 11) is 3.59. The minimum atomic E-state index is -0.818. The Morgan fingerprint density at radius 2 is 1.83 bits per heavy atom. The van der Waals surface area contributed by atoms with Crippen LogP contribution in [0.5, 0.6) is 5.75 Å². The van der Waals surface area contributed by atoms with E-state index in [1.54, 1.807) is 7.11 Å². The lowest BCUT2D eigenvalue weighted by atomic mass is 9.99. The van der Waals surface area contributed by atoms with E-state index in [0.717, 1.165) is 39.4 Å². The van der Waals surface area contributed by atoms with Crippen LogP contribution in [-0.4, -0.2) is 54.5 Å². The molecule has 0 fully saturated rings. The number of carboxylic acid groups (broad SMARTS) is 1. The third-order valence-corrected chi connectivity index (χ3v) is 5.71. The number of hydrogen-bond acceptors (Lipinski definition) is 7. The summed E-state index contributed by atoms with van der Waals surface area (Å²) in [6.07, 6.45) is 1.95. The summed E-state index contributed by atoms with van der Waals surface area (Å²) in [4.78, 5) is 21.8. The second-order valence-electron chi connectivity index (χ2n) is 8.34. The number of rotatable bonds is 11. The van der Waals surface area contributed by atoms with Crippen LogP contribution in [0.25, 0.3) is 33.6 Å². The number of aromatic nitrogens is 2. The molecule has 0 saturated carbocycles. The molecule has 182 valence electrons. The lowest BCUT2D eigenvalue weighted by Crippen LogP contribution is -2.30. The normalized spacial score (nSPS) is 12.0. The molecule has 4 rings (SSSR count). The van der Waals surface area contributed by atoms with Crippen molar-refractivity contribution in [1.82, 2.24) is 9.97 Å². The molecule has 35 heavy (non-hydrogen) atoms. The average Bonchev–Trinajstić information content (AvgIpc) is 3.27. The number of aliphatic carboxylic acids is 1. The predicted molar refractivity (Wildman–Crippen MR) is 135 cm³/mol. The van der Waals surface area contributed by atoms with E-state index >= 15 is 0 Å². The molecule has 2 aromatic carbocycles. The molecule has 1 atom stereocenters. The first-order chi connectivity index (χ1) is 17.0. The Bertz CT molecular complexity index is 1270. The molecule has 8 heteroatoms. The summed E-state index contributed by atoms with van der Waals surface area (Å²) in [5, 5.41) is 9.63. The topological polar surface area (TPSA) is 97.9 Å². The van der Waals surface area contributed by atoms with E-state index in [9.17, 15) is 4.79 Å². The maximum atomic E-state index is 10.7. The number of furan rings is 1. The van der Waals surface area contributed by atoms with Crippen molar-refractivity contribution in [3.63, 3.8) is 0 Å². The van der Waals surface area contributed by atoms with Gasteiger partial charge in [0.1, 0.15) is 23.7 Å². The molecule has 0 radical (unpaired) electrons. The van der Waals surface area contributed by atoms with E-state index < -0.39 is 5.97 Å². The van der Waals surface area contributed by atoms with Gasteiger partial charge in [0.2, 0.25) is 5.71 Å². The van der Waals surface area contributed by atoms with Gasteiger partial charge >= 0.3 is 5.97 Å². The minimum absolute atomic E-state index is 0.0948. The molecule has 0 aliphatic heterocycles. The van der Waals surface area contributed by atoms with Crippen molar-refractivity contribution >= 4 is 22.9 Å². The summed E-state index contributed by atoms with van der Waals surface area (Å²) >= 11 is 0. The maximum Gasteiger partial charge on any atom is 0.303 e. The first-order valence-corrected chi connectivity index (χ1v) is 11.5. The van der Waals surface area contributed by atoms with Crippen molar-refractivity contribution in [3.05, 3.63) is 60.9 Å². The molecule has 0 saturated heterocycles. The van der Waals surface area contributed by atoms with Gasteiger partial charge in [-0.15, -0.1) is 0 Å². The molecule has 0 aliphatic carbocycles. The maximum absolute atomic E-state index is 10.7. The summed E-state index contributed by atoms with van der Waals surface area (Å²) in [6, 6.07) is 17.8. The van der Waals surface area contributed by atoms with Crippen molar-refractivity contribution in [3.8, 4) is 28.2 Å². The summed E-state index contributed by atoms with van der Waals surface area (Å²) in [6.45, 7) is 2.92. The molecule has 2 heterocycles. The van der Waals surface area contributed by atoms with E-state index in [-0.39, 0.29) is 12.5 Å². The molecule has 4 aromatic rings. The summed E-state index contributed by atoms with van der Waals surface area (Å²) in [5.74, 6) is 1.40. The number of carboxylic acids is 1. The van der Waals surface area contributed by atoms with Gasteiger partial charge in [0.15, 0.2) is 0 Å². The van der Waals surface area contributed by atoms with Crippen molar-refractivity contribution in [2.75, 3.05) is 32.2 Å². The van der Waals surface area contributed by atoms with Gasteiger partial charge in [-0.3, -0.25) is 4.79 Å². The molecule has 8 nitrogen and oxygen atoms in total. The second-order valence-corrected chi connectivity index (χ2v) is 8.34. The van der Waals surface area contributed by atoms with Crippen molar-refractivity contribution < 1.29 is 23.8 Å². The first-order valence-electron chi connectivity index (χ1n) is 11.5. The van der Waals surface area contributed by atoms with E-state index in [1.165, 1.54) is 6.33 Å². The lowest BCUT2D eigenvalue weighted by molar-refractivity contribution is -0.137. The molecule has 1 N–H and O–H groups in total. The average molecular weight is 476 g/mol. The zero-order valence-electron chi connectivity index (χ0n) is 20.1. The van der Waals surface area contributed by atoms with Gasteiger partial charge in [-0.25, -0.2) is 9.97 Å². The van der Waals surface area contributed by atoms with Gasteiger partial charge in [-0.05, 0) is 31.0 Å². The summed E-state index contributed by atoms with van der Waals surface area (Å²) < 4.78 is 17.5. The zero-order valence-corrected chi connectivity index (χ0v) is 20.1. The molecule has 0 aliphatic rings. The van der Waals surface area contributed by atoms with Gasteiger partial charge in [-0.1, -0.05) is 42.5 Å². The molecule has 0 unspecified atom stereocenters. The van der Waals surface area contributed by atoms with Crippen LogP contribution in [0.2, 0.25) is 0 Å². The number of benzene rings is 2. The Kier molecular flexibility index (Phi) is 7.62. The van der Waals surface area contributed by atoms with Gasteiger partial charge in [0.05, 0.1) is 18.6 Å². The van der Waals surface area contributed by atoms with Crippen LogP contribution in [-0.2, 0) is 9.53 Å². The Labute approximate surface area is 204 Å². The zero-order chi connectivity index (χ0) is 24.8. The highest BCUT2D eigenvalue weighted by molar-refractivity contribution is 6.06. The Hall–Kier alpha value is -3.91. The molecule has 0 spiro atoms. The molecule has 2 aromatic heterocycles. The number of carbonyl (C=O) groups is 1. The second kappa shape index (κ2) is 11.0. The standard InChI is InChI=1S/C27H29N3O5/c1-18(34-15-7-10-22(31)32)16-30(2)26-24-23(19-11-13-21(33-3)14-12-19)25(20-8-5-4-6-9-20)35-27(24)29-17-28-26/h4-6,8-9,11-14,17-18H,7,10,15-16H2,1-3H3,(H,31,32)/t18-/m0/s1. The molecule has 0 bridgehead atoms. The highest BCUT2D eigenvalue weighted by Gasteiger charge is 2.24.